The second kappa shape index (κ2) is 10.4. The van der Waals surface area contributed by atoms with Crippen molar-refractivity contribution in [3.63, 3.8) is 0 Å². The molecule has 1 fully saturated rings. The molecule has 0 spiro atoms. The molecule has 0 saturated carbocycles. The van der Waals surface area contributed by atoms with Gasteiger partial charge in [-0.2, -0.15) is 0 Å². The van der Waals surface area contributed by atoms with E-state index in [0.717, 1.165) is 49.1 Å². The summed E-state index contributed by atoms with van der Waals surface area (Å²) in [4.78, 5) is 2.61. The van der Waals surface area contributed by atoms with Gasteiger partial charge < -0.3 is 14.8 Å². The van der Waals surface area contributed by atoms with E-state index in [-0.39, 0.29) is 4.90 Å². The van der Waals surface area contributed by atoms with Crippen LogP contribution in [0.15, 0.2) is 71.0 Å². The van der Waals surface area contributed by atoms with E-state index >= 15 is 0 Å². The molecule has 10 heteroatoms. The monoisotopic (exact) mass is 472 g/mol. The lowest BCUT2D eigenvalue weighted by atomic mass is 10.0. The van der Waals surface area contributed by atoms with E-state index in [1.807, 2.05) is 35.9 Å². The van der Waals surface area contributed by atoms with Crippen LogP contribution in [-0.2, 0) is 17.1 Å². The predicted molar refractivity (Wildman–Crippen MR) is 129 cm³/mol. The Balaban J connectivity index is 1.22. The summed E-state index contributed by atoms with van der Waals surface area (Å²) in [5.41, 5.74) is 1.68. The molecular weight excluding hydrogens is 444 g/mol. The number of aromatic nitrogens is 3. The topological polar surface area (TPSA) is 92.2 Å². The van der Waals surface area contributed by atoms with Gasteiger partial charge in [0.2, 0.25) is 0 Å². The minimum atomic E-state index is -3.57. The Kier molecular flexibility index (Phi) is 7.33. The molecule has 1 aliphatic heterocycles. The maximum atomic E-state index is 12.5. The number of thioether (sulfide) groups is 1. The fourth-order valence-electron chi connectivity index (χ4n) is 3.70. The summed E-state index contributed by atoms with van der Waals surface area (Å²) in [5, 5.41) is 12.6. The van der Waals surface area contributed by atoms with Crippen LogP contribution in [0.1, 0.15) is 12.8 Å². The van der Waals surface area contributed by atoms with Crippen LogP contribution in [0.5, 0.6) is 0 Å². The molecule has 0 bridgehead atoms. The Bertz CT molecular complexity index is 1090. The van der Waals surface area contributed by atoms with Crippen molar-refractivity contribution in [1.29, 1.82) is 0 Å². The maximum Gasteiger partial charge on any atom is 0.261 e. The lowest BCUT2D eigenvalue weighted by molar-refractivity contribution is 0.425. The third kappa shape index (κ3) is 5.81. The molecule has 8 nitrogen and oxygen atoms in total. The molecule has 1 aliphatic rings. The van der Waals surface area contributed by atoms with Gasteiger partial charge >= 0.3 is 0 Å². The van der Waals surface area contributed by atoms with E-state index in [2.05, 4.69) is 25.1 Å². The largest absolute Gasteiger partial charge is 0.371 e. The first-order valence-electron chi connectivity index (χ1n) is 10.6. The van der Waals surface area contributed by atoms with Gasteiger partial charge in [0.15, 0.2) is 5.16 Å². The van der Waals surface area contributed by atoms with Crippen LogP contribution in [0.25, 0.3) is 0 Å². The summed E-state index contributed by atoms with van der Waals surface area (Å²) in [6.45, 7) is 2.89. The highest BCUT2D eigenvalue weighted by atomic mass is 32.2. The third-order valence-corrected chi connectivity index (χ3v) is 7.90. The number of hydrogen-bond acceptors (Lipinski definition) is 7. The normalized spacial score (nSPS) is 15.1. The zero-order valence-corrected chi connectivity index (χ0v) is 19.6. The first-order valence-corrected chi connectivity index (χ1v) is 13.1. The summed E-state index contributed by atoms with van der Waals surface area (Å²) in [6.07, 6.45) is 3.88. The van der Waals surface area contributed by atoms with Crippen molar-refractivity contribution in [2.24, 2.45) is 7.05 Å². The van der Waals surface area contributed by atoms with Crippen LogP contribution in [-0.4, -0.2) is 54.6 Å². The number of nitrogens with one attached hydrogen (secondary N) is 2. The van der Waals surface area contributed by atoms with E-state index in [4.69, 9.17) is 0 Å². The highest BCUT2D eigenvalue weighted by Crippen LogP contribution is 2.24. The van der Waals surface area contributed by atoms with Crippen molar-refractivity contribution in [1.82, 2.24) is 20.1 Å². The molecule has 3 aromatic rings. The van der Waals surface area contributed by atoms with Crippen LogP contribution in [0.2, 0.25) is 0 Å². The summed E-state index contributed by atoms with van der Waals surface area (Å²) >= 11 is 1.71. The molecule has 0 atom stereocenters. The highest BCUT2D eigenvalue weighted by molar-refractivity contribution is 7.99. The van der Waals surface area contributed by atoms with Crippen LogP contribution in [0, 0.1) is 0 Å². The number of sulfonamides is 1. The van der Waals surface area contributed by atoms with Gasteiger partial charge in [-0.3, -0.25) is 4.72 Å². The molecule has 170 valence electrons. The second-order valence-electron chi connectivity index (χ2n) is 7.75. The number of hydrogen-bond donors (Lipinski definition) is 2. The minimum absolute atomic E-state index is 0.258. The Morgan fingerprint density at radius 3 is 2.44 bits per heavy atom. The molecular formula is C22H28N6O2S2. The smallest absolute Gasteiger partial charge is 0.261 e. The lowest BCUT2D eigenvalue weighted by Gasteiger charge is -2.34. The fourth-order valence-corrected chi connectivity index (χ4v) is 5.54. The van der Waals surface area contributed by atoms with Crippen molar-refractivity contribution in [2.75, 3.05) is 35.0 Å². The van der Waals surface area contributed by atoms with E-state index in [9.17, 15) is 8.42 Å². The molecule has 32 heavy (non-hydrogen) atoms. The van der Waals surface area contributed by atoms with Crippen molar-refractivity contribution in [3.05, 3.63) is 60.9 Å². The zero-order valence-electron chi connectivity index (χ0n) is 18.0. The first-order chi connectivity index (χ1) is 15.5. The Hall–Kier alpha value is -2.56. The van der Waals surface area contributed by atoms with Crippen LogP contribution < -0.4 is 14.9 Å². The second-order valence-corrected chi connectivity index (χ2v) is 10.5. The Morgan fingerprint density at radius 1 is 1.06 bits per heavy atom. The highest BCUT2D eigenvalue weighted by Gasteiger charge is 2.19. The van der Waals surface area contributed by atoms with E-state index in [1.165, 1.54) is 0 Å². The van der Waals surface area contributed by atoms with Crippen molar-refractivity contribution >= 4 is 33.2 Å². The summed E-state index contributed by atoms with van der Waals surface area (Å²) in [7, 11) is -1.61. The average Bonchev–Trinajstić information content (AvgIpc) is 3.23. The number of rotatable bonds is 9. The maximum absolute atomic E-state index is 12.5. The number of aryl methyl sites for hydroxylation is 1. The quantitative estimate of drug-likeness (QED) is 0.365. The van der Waals surface area contributed by atoms with Crippen LogP contribution in [0.4, 0.5) is 11.4 Å². The molecule has 2 N–H and O–H groups in total. The van der Waals surface area contributed by atoms with Crippen molar-refractivity contribution in [3.8, 4) is 0 Å². The van der Waals surface area contributed by atoms with Gasteiger partial charge in [-0.25, -0.2) is 8.42 Å². The molecule has 1 saturated heterocycles. The van der Waals surface area contributed by atoms with Gasteiger partial charge in [0.05, 0.1) is 4.90 Å². The van der Waals surface area contributed by atoms with E-state index in [1.54, 1.807) is 48.4 Å². The first kappa shape index (κ1) is 22.6. The minimum Gasteiger partial charge on any atom is -0.371 e. The van der Waals surface area contributed by atoms with Gasteiger partial charge in [0, 0.05) is 49.9 Å². The molecule has 4 rings (SSSR count). The Morgan fingerprint density at radius 2 is 1.78 bits per heavy atom. The molecule has 0 radical (unpaired) electrons. The van der Waals surface area contributed by atoms with Crippen molar-refractivity contribution < 1.29 is 8.42 Å². The molecule has 2 aromatic carbocycles. The van der Waals surface area contributed by atoms with Gasteiger partial charge in [0.25, 0.3) is 10.0 Å². The van der Waals surface area contributed by atoms with Gasteiger partial charge in [0.1, 0.15) is 6.33 Å². The van der Waals surface area contributed by atoms with E-state index < -0.39 is 10.0 Å². The number of benzene rings is 2. The summed E-state index contributed by atoms with van der Waals surface area (Å²) < 4.78 is 29.5. The summed E-state index contributed by atoms with van der Waals surface area (Å²) in [5.74, 6) is 0.965. The van der Waals surface area contributed by atoms with Crippen LogP contribution in [0.3, 0.4) is 0 Å². The molecule has 0 amide bonds. The van der Waals surface area contributed by atoms with Crippen molar-refractivity contribution in [2.45, 2.75) is 28.9 Å². The summed E-state index contributed by atoms with van der Waals surface area (Å²) in [6, 6.07) is 16.5. The number of piperidine rings is 1. The Labute approximate surface area is 193 Å². The third-order valence-electron chi connectivity index (χ3n) is 5.47. The van der Waals surface area contributed by atoms with Crippen LogP contribution >= 0.6 is 11.8 Å². The standard InChI is InChI=1S/C22H28N6O2S2/c1-27-17-24-25-22(27)31-16-13-23-18-11-14-28(15-12-18)20-9-7-19(8-10-20)26-32(29,30)21-5-3-2-4-6-21/h2-10,17-18,23,26H,11-16H2,1H3. The van der Waals surface area contributed by atoms with Gasteiger partial charge in [-0.15, -0.1) is 10.2 Å². The molecule has 2 heterocycles. The molecule has 1 aromatic heterocycles. The molecule has 0 aliphatic carbocycles. The van der Waals surface area contributed by atoms with Gasteiger partial charge in [-0.1, -0.05) is 30.0 Å². The number of nitrogens with zero attached hydrogens (tertiary/aromatic N) is 4. The SMILES string of the molecule is Cn1cnnc1SCCNC1CCN(c2ccc(NS(=O)(=O)c3ccccc3)cc2)CC1. The average molecular weight is 473 g/mol. The fraction of sp³-hybridized carbons (Fsp3) is 0.364. The zero-order chi connectivity index (χ0) is 22.4. The predicted octanol–water partition coefficient (Wildman–Crippen LogP) is 2.97. The molecule has 0 unspecified atom stereocenters. The van der Waals surface area contributed by atoms with Gasteiger partial charge in [-0.05, 0) is 49.2 Å². The lowest BCUT2D eigenvalue weighted by Crippen LogP contribution is -2.43. The van der Waals surface area contributed by atoms with E-state index in [0.29, 0.717) is 11.7 Å². The number of anilines is 2.